The number of nitrogens with one attached hydrogen (secondary N) is 2. The first-order chi connectivity index (χ1) is 11.4. The van der Waals surface area contributed by atoms with Gasteiger partial charge >= 0.3 is 6.03 Å². The van der Waals surface area contributed by atoms with Crippen LogP contribution in [0.5, 0.6) is 0 Å². The number of carbonyl (C=O) groups is 2. The predicted octanol–water partition coefficient (Wildman–Crippen LogP) is 2.72. The predicted molar refractivity (Wildman–Crippen MR) is 93.8 cm³/mol. The van der Waals surface area contributed by atoms with Crippen LogP contribution in [0.1, 0.15) is 57.2 Å². The number of rotatable bonds is 2. The third kappa shape index (κ3) is 3.40. The maximum atomic E-state index is 12.4. The number of hydrogen-bond acceptors (Lipinski definition) is 2. The first-order valence-electron chi connectivity index (χ1n) is 8.79. The number of amides is 3. The van der Waals surface area contributed by atoms with Crippen molar-refractivity contribution in [2.45, 2.75) is 57.5 Å². The number of urea groups is 1. The Morgan fingerprint density at radius 2 is 1.92 bits per heavy atom. The minimum Gasteiger partial charge on any atom is -0.341 e. The molecular weight excluding hydrogens is 302 g/mol. The van der Waals surface area contributed by atoms with Crippen LogP contribution in [0.2, 0.25) is 0 Å². The average Bonchev–Trinajstić information content (AvgIpc) is 2.99. The highest BCUT2D eigenvalue weighted by Gasteiger charge is 2.33. The highest BCUT2D eigenvalue weighted by molar-refractivity contribution is 5.76. The van der Waals surface area contributed by atoms with Gasteiger partial charge in [-0.15, -0.1) is 0 Å². The number of nitrogens with zero attached hydrogens (tertiary/aromatic N) is 1. The van der Waals surface area contributed by atoms with E-state index in [0.29, 0.717) is 6.54 Å². The van der Waals surface area contributed by atoms with Crippen molar-refractivity contribution in [1.29, 1.82) is 0 Å². The molecule has 0 bridgehead atoms. The van der Waals surface area contributed by atoms with E-state index in [-0.39, 0.29) is 29.4 Å². The molecule has 2 aliphatic rings. The lowest BCUT2D eigenvalue weighted by Crippen LogP contribution is -2.46. The van der Waals surface area contributed by atoms with E-state index in [0.717, 1.165) is 25.8 Å². The van der Waals surface area contributed by atoms with Crippen LogP contribution >= 0.6 is 0 Å². The minimum absolute atomic E-state index is 0.0455. The number of likely N-dealkylation sites (tertiary alicyclic amines) is 1. The molecule has 1 aromatic carbocycles. The van der Waals surface area contributed by atoms with Gasteiger partial charge < -0.3 is 15.5 Å². The van der Waals surface area contributed by atoms with E-state index in [1.54, 1.807) is 11.8 Å². The van der Waals surface area contributed by atoms with Crippen LogP contribution in [-0.4, -0.2) is 36.0 Å². The van der Waals surface area contributed by atoms with Crippen LogP contribution < -0.4 is 10.6 Å². The summed E-state index contributed by atoms with van der Waals surface area (Å²) in [6.07, 6.45) is 2.82. The fourth-order valence-corrected chi connectivity index (χ4v) is 3.91. The lowest BCUT2D eigenvalue weighted by molar-refractivity contribution is -0.127. The molecular formula is C19H27N3O2. The standard InChI is InChI=1S/C19H27N3O2/c1-13(23)22-11-9-14(12-22)20-18(24)21-17-8-10-19(2,3)16-7-5-4-6-15(16)17/h4-7,14,17H,8-12H2,1-3H3,(H2,20,21,24). The molecule has 5 heteroatoms. The summed E-state index contributed by atoms with van der Waals surface area (Å²) in [5.41, 5.74) is 2.70. The van der Waals surface area contributed by atoms with Gasteiger partial charge in [-0.05, 0) is 35.8 Å². The number of carbonyl (C=O) groups excluding carboxylic acids is 2. The Morgan fingerprint density at radius 3 is 2.62 bits per heavy atom. The fraction of sp³-hybridized carbons (Fsp3) is 0.579. The Labute approximate surface area is 143 Å². The second kappa shape index (κ2) is 6.46. The molecule has 3 amide bonds. The first kappa shape index (κ1) is 16.8. The fourth-order valence-electron chi connectivity index (χ4n) is 3.91. The molecule has 2 unspecified atom stereocenters. The summed E-state index contributed by atoms with van der Waals surface area (Å²) in [7, 11) is 0. The minimum atomic E-state index is -0.134. The molecule has 130 valence electrons. The molecule has 5 nitrogen and oxygen atoms in total. The molecule has 1 heterocycles. The van der Waals surface area contributed by atoms with E-state index >= 15 is 0 Å². The molecule has 1 aliphatic heterocycles. The molecule has 0 radical (unpaired) electrons. The number of fused-ring (bicyclic) bond motifs is 1. The summed E-state index contributed by atoms with van der Waals surface area (Å²) in [6.45, 7) is 7.43. The zero-order chi connectivity index (χ0) is 17.3. The smallest absolute Gasteiger partial charge is 0.315 e. The maximum absolute atomic E-state index is 12.4. The van der Waals surface area contributed by atoms with Crippen molar-refractivity contribution in [3.63, 3.8) is 0 Å². The third-order valence-corrected chi connectivity index (χ3v) is 5.40. The zero-order valence-electron chi connectivity index (χ0n) is 14.8. The highest BCUT2D eigenvalue weighted by atomic mass is 16.2. The summed E-state index contributed by atoms with van der Waals surface area (Å²) in [4.78, 5) is 25.6. The summed E-state index contributed by atoms with van der Waals surface area (Å²) in [6, 6.07) is 8.36. The second-order valence-electron chi connectivity index (χ2n) is 7.63. The van der Waals surface area contributed by atoms with E-state index in [9.17, 15) is 9.59 Å². The van der Waals surface area contributed by atoms with E-state index in [4.69, 9.17) is 0 Å². The van der Waals surface area contributed by atoms with Crippen LogP contribution in [0, 0.1) is 0 Å². The van der Waals surface area contributed by atoms with Crippen molar-refractivity contribution in [3.05, 3.63) is 35.4 Å². The quantitative estimate of drug-likeness (QED) is 0.876. The van der Waals surface area contributed by atoms with E-state index in [1.165, 1.54) is 11.1 Å². The molecule has 2 N–H and O–H groups in total. The van der Waals surface area contributed by atoms with Gasteiger partial charge in [0, 0.05) is 26.1 Å². The van der Waals surface area contributed by atoms with Crippen LogP contribution in [0.3, 0.4) is 0 Å². The summed E-state index contributed by atoms with van der Waals surface area (Å²) < 4.78 is 0. The number of hydrogen-bond donors (Lipinski definition) is 2. The maximum Gasteiger partial charge on any atom is 0.315 e. The van der Waals surface area contributed by atoms with Gasteiger partial charge in [0.25, 0.3) is 0 Å². The summed E-state index contributed by atoms with van der Waals surface area (Å²) >= 11 is 0. The van der Waals surface area contributed by atoms with Crippen LogP contribution in [-0.2, 0) is 10.2 Å². The van der Waals surface area contributed by atoms with E-state index < -0.39 is 0 Å². The van der Waals surface area contributed by atoms with Gasteiger partial charge in [0.2, 0.25) is 5.91 Å². The van der Waals surface area contributed by atoms with Gasteiger partial charge in [-0.2, -0.15) is 0 Å². The molecule has 2 atom stereocenters. The first-order valence-corrected chi connectivity index (χ1v) is 8.79. The lowest BCUT2D eigenvalue weighted by atomic mass is 9.71. The third-order valence-electron chi connectivity index (χ3n) is 5.40. The van der Waals surface area contributed by atoms with Crippen molar-refractivity contribution >= 4 is 11.9 Å². The van der Waals surface area contributed by atoms with Gasteiger partial charge in [-0.3, -0.25) is 4.79 Å². The molecule has 0 aromatic heterocycles. The van der Waals surface area contributed by atoms with Crippen molar-refractivity contribution < 1.29 is 9.59 Å². The van der Waals surface area contributed by atoms with E-state index in [1.807, 2.05) is 6.07 Å². The lowest BCUT2D eigenvalue weighted by Gasteiger charge is -2.37. The molecule has 24 heavy (non-hydrogen) atoms. The Bertz CT molecular complexity index is 641. The Kier molecular flexibility index (Phi) is 4.52. The van der Waals surface area contributed by atoms with E-state index in [2.05, 4.69) is 42.7 Å². The Morgan fingerprint density at radius 1 is 1.17 bits per heavy atom. The molecule has 3 rings (SSSR count). The molecule has 1 aliphatic carbocycles. The van der Waals surface area contributed by atoms with Crippen molar-refractivity contribution in [1.82, 2.24) is 15.5 Å². The molecule has 0 spiro atoms. The summed E-state index contributed by atoms with van der Waals surface area (Å²) in [5, 5.41) is 6.15. The second-order valence-corrected chi connectivity index (χ2v) is 7.63. The van der Waals surface area contributed by atoms with Crippen LogP contribution in [0.25, 0.3) is 0 Å². The SMILES string of the molecule is CC(=O)N1CCC(NC(=O)NC2CCC(C)(C)c3ccccc32)C1. The topological polar surface area (TPSA) is 61.4 Å². The van der Waals surface area contributed by atoms with Crippen molar-refractivity contribution in [2.75, 3.05) is 13.1 Å². The molecule has 1 fully saturated rings. The normalized spacial score (nSPS) is 25.0. The zero-order valence-corrected chi connectivity index (χ0v) is 14.8. The van der Waals surface area contributed by atoms with Gasteiger partial charge in [0.1, 0.15) is 0 Å². The van der Waals surface area contributed by atoms with Gasteiger partial charge in [0.05, 0.1) is 6.04 Å². The van der Waals surface area contributed by atoms with Crippen molar-refractivity contribution in [3.8, 4) is 0 Å². The van der Waals surface area contributed by atoms with Crippen LogP contribution in [0.15, 0.2) is 24.3 Å². The highest BCUT2D eigenvalue weighted by Crippen LogP contribution is 2.41. The van der Waals surface area contributed by atoms with Gasteiger partial charge in [-0.1, -0.05) is 38.1 Å². The molecule has 1 aromatic rings. The van der Waals surface area contributed by atoms with Gasteiger partial charge in [0.15, 0.2) is 0 Å². The van der Waals surface area contributed by atoms with Crippen molar-refractivity contribution in [2.24, 2.45) is 0 Å². The number of benzene rings is 1. The molecule has 1 saturated heterocycles. The monoisotopic (exact) mass is 329 g/mol. The average molecular weight is 329 g/mol. The Balaban J connectivity index is 1.62. The Hall–Kier alpha value is -2.04. The summed E-state index contributed by atoms with van der Waals surface area (Å²) in [5.74, 6) is 0.0724. The van der Waals surface area contributed by atoms with Gasteiger partial charge in [-0.25, -0.2) is 4.79 Å². The van der Waals surface area contributed by atoms with Crippen LogP contribution in [0.4, 0.5) is 4.79 Å². The molecule has 0 saturated carbocycles. The largest absolute Gasteiger partial charge is 0.341 e.